The van der Waals surface area contributed by atoms with E-state index in [1.165, 1.54) is 51.6 Å². The largest absolute Gasteiger partial charge is 0.393 e. The van der Waals surface area contributed by atoms with Crippen molar-refractivity contribution in [3.63, 3.8) is 0 Å². The predicted octanol–water partition coefficient (Wildman–Crippen LogP) is 2.41. The maximum absolute atomic E-state index is 9.49. The van der Waals surface area contributed by atoms with Crippen molar-refractivity contribution in [3.8, 4) is 0 Å². The third-order valence-corrected chi connectivity index (χ3v) is 3.88. The summed E-state index contributed by atoms with van der Waals surface area (Å²) in [5.41, 5.74) is 0. The average Bonchev–Trinajstić information content (AvgIpc) is 2.99. The first kappa shape index (κ1) is 11.4. The Morgan fingerprint density at radius 2 is 2.07 bits per heavy atom. The quantitative estimate of drug-likeness (QED) is 0.755. The van der Waals surface area contributed by atoms with E-state index in [2.05, 4.69) is 4.90 Å². The summed E-state index contributed by atoms with van der Waals surface area (Å²) in [4.78, 5) is 2.63. The van der Waals surface area contributed by atoms with Gasteiger partial charge in [0.1, 0.15) is 0 Å². The van der Waals surface area contributed by atoms with Crippen LogP contribution in [0.5, 0.6) is 0 Å². The molecule has 1 saturated carbocycles. The van der Waals surface area contributed by atoms with Crippen LogP contribution in [0.25, 0.3) is 0 Å². The molecule has 2 nitrogen and oxygen atoms in total. The number of aliphatic hydroxyl groups is 1. The van der Waals surface area contributed by atoms with Crippen molar-refractivity contribution in [2.24, 2.45) is 5.92 Å². The molecule has 2 aliphatic rings. The number of aliphatic hydroxyl groups excluding tert-OH is 1. The minimum atomic E-state index is -0.128. The van der Waals surface area contributed by atoms with Gasteiger partial charge >= 0.3 is 0 Å². The van der Waals surface area contributed by atoms with Crippen LogP contribution < -0.4 is 0 Å². The van der Waals surface area contributed by atoms with Crippen molar-refractivity contribution in [2.75, 3.05) is 13.1 Å². The Bertz CT molecular complexity index is 189. The van der Waals surface area contributed by atoms with E-state index >= 15 is 0 Å². The zero-order valence-corrected chi connectivity index (χ0v) is 9.99. The van der Waals surface area contributed by atoms with Crippen LogP contribution in [0.15, 0.2) is 0 Å². The van der Waals surface area contributed by atoms with Crippen LogP contribution in [0.4, 0.5) is 0 Å². The Morgan fingerprint density at radius 1 is 1.27 bits per heavy atom. The fourth-order valence-electron chi connectivity index (χ4n) is 2.77. The molecule has 0 spiro atoms. The van der Waals surface area contributed by atoms with Crippen molar-refractivity contribution < 1.29 is 5.11 Å². The third-order valence-electron chi connectivity index (χ3n) is 3.88. The van der Waals surface area contributed by atoms with Crippen molar-refractivity contribution in [1.82, 2.24) is 4.90 Å². The first-order valence-corrected chi connectivity index (χ1v) is 6.68. The Hall–Kier alpha value is -0.0800. The lowest BCUT2D eigenvalue weighted by Crippen LogP contribution is -2.41. The molecule has 1 aliphatic heterocycles. The lowest BCUT2D eigenvalue weighted by atomic mass is 9.97. The third kappa shape index (κ3) is 3.76. The van der Waals surface area contributed by atoms with E-state index < -0.39 is 0 Å². The molecule has 2 fully saturated rings. The summed E-state index contributed by atoms with van der Waals surface area (Å²) in [5.74, 6) is 1.04. The van der Waals surface area contributed by atoms with Crippen LogP contribution in [0, 0.1) is 5.92 Å². The van der Waals surface area contributed by atoms with E-state index in [9.17, 15) is 5.11 Å². The molecule has 1 heterocycles. The standard InChI is InChI=1S/C13H25NO/c1-11(15)10-13-4-2-3-8-14(13)9-7-12-5-6-12/h11-13,15H,2-10H2,1H3. The normalized spacial score (nSPS) is 30.4. The van der Waals surface area contributed by atoms with Gasteiger partial charge in [0, 0.05) is 6.04 Å². The van der Waals surface area contributed by atoms with Gasteiger partial charge in [-0.05, 0) is 51.6 Å². The maximum Gasteiger partial charge on any atom is 0.0527 e. The van der Waals surface area contributed by atoms with Gasteiger partial charge in [0.2, 0.25) is 0 Å². The van der Waals surface area contributed by atoms with Crippen LogP contribution in [-0.4, -0.2) is 35.2 Å². The Labute approximate surface area is 93.7 Å². The molecule has 2 rings (SSSR count). The van der Waals surface area contributed by atoms with Gasteiger partial charge in [-0.1, -0.05) is 19.3 Å². The minimum Gasteiger partial charge on any atom is -0.393 e. The van der Waals surface area contributed by atoms with Gasteiger partial charge in [-0.25, -0.2) is 0 Å². The summed E-state index contributed by atoms with van der Waals surface area (Å²) < 4.78 is 0. The van der Waals surface area contributed by atoms with E-state index in [1.807, 2.05) is 6.92 Å². The fourth-order valence-corrected chi connectivity index (χ4v) is 2.77. The molecular weight excluding hydrogens is 186 g/mol. The highest BCUT2D eigenvalue weighted by Gasteiger charge is 2.26. The van der Waals surface area contributed by atoms with Crippen molar-refractivity contribution in [3.05, 3.63) is 0 Å². The molecule has 0 aromatic carbocycles. The van der Waals surface area contributed by atoms with E-state index in [-0.39, 0.29) is 6.10 Å². The van der Waals surface area contributed by atoms with Crippen molar-refractivity contribution in [1.29, 1.82) is 0 Å². The number of hydrogen-bond donors (Lipinski definition) is 1. The summed E-state index contributed by atoms with van der Waals surface area (Å²) >= 11 is 0. The molecule has 2 atom stereocenters. The molecule has 0 amide bonds. The van der Waals surface area contributed by atoms with Crippen LogP contribution in [0.2, 0.25) is 0 Å². The van der Waals surface area contributed by atoms with Crippen molar-refractivity contribution in [2.45, 2.75) is 64.0 Å². The summed E-state index contributed by atoms with van der Waals surface area (Å²) in [7, 11) is 0. The summed E-state index contributed by atoms with van der Waals surface area (Å²) in [5, 5.41) is 9.49. The topological polar surface area (TPSA) is 23.5 Å². The number of piperidine rings is 1. The van der Waals surface area contributed by atoms with Crippen LogP contribution in [0.3, 0.4) is 0 Å². The number of hydrogen-bond acceptors (Lipinski definition) is 2. The van der Waals surface area contributed by atoms with Gasteiger partial charge in [-0.3, -0.25) is 0 Å². The van der Waals surface area contributed by atoms with E-state index in [1.54, 1.807) is 0 Å². The monoisotopic (exact) mass is 211 g/mol. The molecule has 0 aromatic rings. The minimum absolute atomic E-state index is 0.128. The van der Waals surface area contributed by atoms with Gasteiger partial charge in [-0.15, -0.1) is 0 Å². The number of likely N-dealkylation sites (tertiary alicyclic amines) is 1. The molecule has 0 aromatic heterocycles. The predicted molar refractivity (Wildman–Crippen MR) is 62.9 cm³/mol. The Morgan fingerprint density at radius 3 is 2.73 bits per heavy atom. The first-order valence-electron chi connectivity index (χ1n) is 6.68. The molecule has 1 aliphatic carbocycles. The summed E-state index contributed by atoms with van der Waals surface area (Å²) in [6.45, 7) is 4.47. The van der Waals surface area contributed by atoms with Crippen molar-refractivity contribution >= 4 is 0 Å². The highest BCUT2D eigenvalue weighted by Crippen LogP contribution is 2.33. The molecule has 0 radical (unpaired) electrons. The maximum atomic E-state index is 9.49. The van der Waals surface area contributed by atoms with Gasteiger partial charge in [0.25, 0.3) is 0 Å². The zero-order chi connectivity index (χ0) is 10.7. The van der Waals surface area contributed by atoms with Gasteiger partial charge in [0.15, 0.2) is 0 Å². The molecule has 1 saturated heterocycles. The number of nitrogens with zero attached hydrogens (tertiary/aromatic N) is 1. The fraction of sp³-hybridized carbons (Fsp3) is 1.00. The van der Waals surface area contributed by atoms with Gasteiger partial charge in [0.05, 0.1) is 6.10 Å². The van der Waals surface area contributed by atoms with Gasteiger partial charge in [-0.2, -0.15) is 0 Å². The highest BCUT2D eigenvalue weighted by atomic mass is 16.3. The van der Waals surface area contributed by atoms with Crippen LogP contribution in [0.1, 0.15) is 51.9 Å². The molecule has 2 heteroatoms. The average molecular weight is 211 g/mol. The lowest BCUT2D eigenvalue weighted by Gasteiger charge is -2.36. The highest BCUT2D eigenvalue weighted by molar-refractivity contribution is 4.81. The number of rotatable bonds is 5. The first-order chi connectivity index (χ1) is 7.25. The second kappa shape index (κ2) is 5.31. The molecule has 15 heavy (non-hydrogen) atoms. The Kier molecular flexibility index (Phi) is 4.04. The van der Waals surface area contributed by atoms with E-state index in [4.69, 9.17) is 0 Å². The van der Waals surface area contributed by atoms with Gasteiger partial charge < -0.3 is 10.0 Å². The van der Waals surface area contributed by atoms with E-state index in [0.29, 0.717) is 6.04 Å². The lowest BCUT2D eigenvalue weighted by molar-refractivity contribution is 0.0850. The second-order valence-electron chi connectivity index (χ2n) is 5.50. The van der Waals surface area contributed by atoms with E-state index in [0.717, 1.165) is 12.3 Å². The zero-order valence-electron chi connectivity index (χ0n) is 9.99. The smallest absolute Gasteiger partial charge is 0.0527 e. The molecule has 88 valence electrons. The van der Waals surface area contributed by atoms with Crippen LogP contribution in [-0.2, 0) is 0 Å². The molecule has 0 bridgehead atoms. The summed E-state index contributed by atoms with van der Waals surface area (Å²) in [6, 6.07) is 0.664. The molecular formula is C13H25NO. The second-order valence-corrected chi connectivity index (χ2v) is 5.50. The molecule has 1 N–H and O–H groups in total. The molecule has 2 unspecified atom stereocenters. The summed E-state index contributed by atoms with van der Waals surface area (Å²) in [6.07, 6.45) is 9.20. The van der Waals surface area contributed by atoms with Crippen LogP contribution >= 0.6 is 0 Å². The Balaban J connectivity index is 1.75. The SMILES string of the molecule is CC(O)CC1CCCCN1CCC1CC1.